The number of hydrogen-bond acceptors (Lipinski definition) is 2. The lowest BCUT2D eigenvalue weighted by Gasteiger charge is -2.37. The van der Waals surface area contributed by atoms with E-state index in [9.17, 15) is 0 Å². The Bertz CT molecular complexity index is 664. The molecule has 2 aromatic carbocycles. The molecule has 1 aliphatic heterocycles. The van der Waals surface area contributed by atoms with E-state index in [0.29, 0.717) is 0 Å². The Balaban J connectivity index is 1.93. The summed E-state index contributed by atoms with van der Waals surface area (Å²) in [7, 11) is 0. The molecule has 0 radical (unpaired) electrons. The Labute approximate surface area is 119 Å². The second kappa shape index (κ2) is 4.35. The molecule has 0 spiro atoms. The highest BCUT2D eigenvalue weighted by Gasteiger charge is 2.37. The van der Waals surface area contributed by atoms with Gasteiger partial charge in [-0.15, -0.1) is 0 Å². The standard InChI is InChI=1S/C18H19NO/c19-18(11-4-7-13-5-1-2-8-15(13)18)16-9-3-6-14-10-12-20-17(14)16/h1-3,5-6,8-9H,4,7,10-12,19H2. The van der Waals surface area contributed by atoms with Gasteiger partial charge in [-0.3, -0.25) is 0 Å². The van der Waals surface area contributed by atoms with Crippen LogP contribution in [0.4, 0.5) is 0 Å². The summed E-state index contributed by atoms with van der Waals surface area (Å²) in [6, 6.07) is 15.0. The molecule has 0 bridgehead atoms. The first-order chi connectivity index (χ1) is 9.79. The molecule has 2 aromatic rings. The average molecular weight is 265 g/mol. The predicted octanol–water partition coefficient (Wildman–Crippen LogP) is 3.16. The van der Waals surface area contributed by atoms with Gasteiger partial charge in [0.15, 0.2) is 0 Å². The highest BCUT2D eigenvalue weighted by molar-refractivity contribution is 5.54. The maximum absolute atomic E-state index is 6.89. The summed E-state index contributed by atoms with van der Waals surface area (Å²) >= 11 is 0. The van der Waals surface area contributed by atoms with E-state index >= 15 is 0 Å². The highest BCUT2D eigenvalue weighted by atomic mass is 16.5. The number of benzene rings is 2. The van der Waals surface area contributed by atoms with Crippen molar-refractivity contribution < 1.29 is 4.74 Å². The van der Waals surface area contributed by atoms with Gasteiger partial charge in [0.2, 0.25) is 0 Å². The van der Waals surface area contributed by atoms with Crippen LogP contribution in [0, 0.1) is 0 Å². The van der Waals surface area contributed by atoms with Crippen LogP contribution in [0.15, 0.2) is 42.5 Å². The van der Waals surface area contributed by atoms with Crippen molar-refractivity contribution in [3.8, 4) is 5.75 Å². The van der Waals surface area contributed by atoms with Gasteiger partial charge in [0.25, 0.3) is 0 Å². The summed E-state index contributed by atoms with van der Waals surface area (Å²) in [4.78, 5) is 0. The first kappa shape index (κ1) is 12.0. The van der Waals surface area contributed by atoms with Crippen LogP contribution in [0.5, 0.6) is 5.75 Å². The number of hydrogen-bond donors (Lipinski definition) is 1. The second-order valence-electron chi connectivity index (χ2n) is 5.87. The highest BCUT2D eigenvalue weighted by Crippen LogP contribution is 2.44. The van der Waals surface area contributed by atoms with Crippen LogP contribution in [0.2, 0.25) is 0 Å². The van der Waals surface area contributed by atoms with E-state index in [-0.39, 0.29) is 0 Å². The lowest BCUT2D eigenvalue weighted by atomic mass is 9.72. The molecule has 1 aliphatic carbocycles. The molecule has 0 saturated carbocycles. The Hall–Kier alpha value is -1.80. The van der Waals surface area contributed by atoms with Gasteiger partial charge in [-0.1, -0.05) is 42.5 Å². The molecule has 1 unspecified atom stereocenters. The van der Waals surface area contributed by atoms with Crippen molar-refractivity contribution in [2.24, 2.45) is 5.73 Å². The van der Waals surface area contributed by atoms with Crippen molar-refractivity contribution in [1.82, 2.24) is 0 Å². The van der Waals surface area contributed by atoms with Crippen LogP contribution in [0.25, 0.3) is 0 Å². The van der Waals surface area contributed by atoms with E-state index in [1.54, 1.807) is 0 Å². The molecule has 0 amide bonds. The molecule has 4 rings (SSSR count). The van der Waals surface area contributed by atoms with Crippen LogP contribution >= 0.6 is 0 Å². The van der Waals surface area contributed by atoms with Crippen molar-refractivity contribution in [2.75, 3.05) is 6.61 Å². The summed E-state index contributed by atoms with van der Waals surface area (Å²) < 4.78 is 5.88. The minimum absolute atomic E-state index is 0.398. The minimum atomic E-state index is -0.398. The van der Waals surface area contributed by atoms with Crippen LogP contribution in [-0.4, -0.2) is 6.61 Å². The van der Waals surface area contributed by atoms with Gasteiger partial charge >= 0.3 is 0 Å². The number of nitrogens with two attached hydrogens (primary N) is 1. The van der Waals surface area contributed by atoms with Gasteiger partial charge in [-0.05, 0) is 36.0 Å². The molecule has 1 atom stereocenters. The molecule has 20 heavy (non-hydrogen) atoms. The van der Waals surface area contributed by atoms with Crippen molar-refractivity contribution in [2.45, 2.75) is 31.2 Å². The van der Waals surface area contributed by atoms with Crippen LogP contribution < -0.4 is 10.5 Å². The largest absolute Gasteiger partial charge is 0.493 e. The molecule has 102 valence electrons. The zero-order chi connectivity index (χ0) is 13.6. The third-order valence-electron chi connectivity index (χ3n) is 4.71. The van der Waals surface area contributed by atoms with Crippen molar-refractivity contribution in [1.29, 1.82) is 0 Å². The van der Waals surface area contributed by atoms with Gasteiger partial charge in [-0.2, -0.15) is 0 Å². The maximum atomic E-state index is 6.89. The summed E-state index contributed by atoms with van der Waals surface area (Å²) in [6.45, 7) is 0.782. The van der Waals surface area contributed by atoms with E-state index in [4.69, 9.17) is 10.5 Å². The number of aryl methyl sites for hydroxylation is 1. The zero-order valence-corrected chi connectivity index (χ0v) is 11.6. The lowest BCUT2D eigenvalue weighted by Crippen LogP contribution is -2.41. The molecule has 0 saturated heterocycles. The van der Waals surface area contributed by atoms with E-state index in [0.717, 1.165) is 38.0 Å². The van der Waals surface area contributed by atoms with Gasteiger partial charge in [0, 0.05) is 12.0 Å². The Morgan fingerprint density at radius 3 is 2.65 bits per heavy atom. The molecular formula is C18H19NO. The van der Waals surface area contributed by atoms with Gasteiger partial charge in [0.1, 0.15) is 5.75 Å². The first-order valence-corrected chi connectivity index (χ1v) is 7.41. The third-order valence-corrected chi connectivity index (χ3v) is 4.71. The second-order valence-corrected chi connectivity index (χ2v) is 5.87. The van der Waals surface area contributed by atoms with E-state index < -0.39 is 5.54 Å². The lowest BCUT2D eigenvalue weighted by molar-refractivity contribution is 0.339. The topological polar surface area (TPSA) is 35.2 Å². The molecule has 2 N–H and O–H groups in total. The van der Waals surface area contributed by atoms with Gasteiger partial charge < -0.3 is 10.5 Å². The molecule has 2 nitrogen and oxygen atoms in total. The maximum Gasteiger partial charge on any atom is 0.128 e. The van der Waals surface area contributed by atoms with Crippen LogP contribution in [0.1, 0.15) is 35.1 Å². The molecule has 2 heteroatoms. The summed E-state index contributed by atoms with van der Waals surface area (Å²) in [5.74, 6) is 1.03. The summed E-state index contributed by atoms with van der Waals surface area (Å²) in [5.41, 5.74) is 11.6. The number of rotatable bonds is 1. The van der Waals surface area contributed by atoms with Crippen LogP contribution in [0.3, 0.4) is 0 Å². The normalized spacial score (nSPS) is 23.9. The van der Waals surface area contributed by atoms with Crippen molar-refractivity contribution in [3.63, 3.8) is 0 Å². The summed E-state index contributed by atoms with van der Waals surface area (Å²) in [6.07, 6.45) is 4.26. The summed E-state index contributed by atoms with van der Waals surface area (Å²) in [5, 5.41) is 0. The molecule has 1 heterocycles. The fourth-order valence-electron chi connectivity index (χ4n) is 3.71. The smallest absolute Gasteiger partial charge is 0.128 e. The van der Waals surface area contributed by atoms with Crippen LogP contribution in [-0.2, 0) is 18.4 Å². The molecule has 0 aromatic heterocycles. The minimum Gasteiger partial charge on any atom is -0.493 e. The number of ether oxygens (including phenoxy) is 1. The number of fused-ring (bicyclic) bond motifs is 2. The Morgan fingerprint density at radius 2 is 1.70 bits per heavy atom. The fraction of sp³-hybridized carbons (Fsp3) is 0.333. The number of para-hydroxylation sites is 1. The van der Waals surface area contributed by atoms with E-state index in [1.165, 1.54) is 22.3 Å². The Morgan fingerprint density at radius 1 is 0.900 bits per heavy atom. The SMILES string of the molecule is NC1(c2cccc3c2OCC3)CCCc2ccccc21. The van der Waals surface area contributed by atoms with Gasteiger partial charge in [-0.25, -0.2) is 0 Å². The van der Waals surface area contributed by atoms with Gasteiger partial charge in [0.05, 0.1) is 12.1 Å². The van der Waals surface area contributed by atoms with Crippen molar-refractivity contribution in [3.05, 3.63) is 64.7 Å². The van der Waals surface area contributed by atoms with Crippen molar-refractivity contribution >= 4 is 0 Å². The fourth-order valence-corrected chi connectivity index (χ4v) is 3.71. The van der Waals surface area contributed by atoms with E-state index in [2.05, 4.69) is 42.5 Å². The quantitative estimate of drug-likeness (QED) is 0.859. The molecular weight excluding hydrogens is 246 g/mol. The van der Waals surface area contributed by atoms with E-state index in [1.807, 2.05) is 0 Å². The predicted molar refractivity (Wildman–Crippen MR) is 80.0 cm³/mol. The Kier molecular flexibility index (Phi) is 2.61. The molecule has 2 aliphatic rings. The monoisotopic (exact) mass is 265 g/mol. The average Bonchev–Trinajstić information content (AvgIpc) is 2.96. The third kappa shape index (κ3) is 1.61. The first-order valence-electron chi connectivity index (χ1n) is 7.41. The molecule has 0 fully saturated rings. The zero-order valence-electron chi connectivity index (χ0n) is 11.6.